The minimum atomic E-state index is 0.529. The molecule has 0 radical (unpaired) electrons. The van der Waals surface area contributed by atoms with E-state index in [2.05, 4.69) is 39.2 Å². The molecule has 1 aliphatic heterocycles. The van der Waals surface area contributed by atoms with Crippen LogP contribution in [0, 0.1) is 6.92 Å². The molecule has 0 N–H and O–H groups in total. The van der Waals surface area contributed by atoms with Gasteiger partial charge in [0.1, 0.15) is 5.82 Å². The van der Waals surface area contributed by atoms with Crippen LogP contribution in [0.25, 0.3) is 0 Å². The molecular weight excluding hydrogens is 274 g/mol. The first-order chi connectivity index (χ1) is 10.7. The van der Waals surface area contributed by atoms with Crippen molar-refractivity contribution in [2.45, 2.75) is 52.1 Å². The highest BCUT2D eigenvalue weighted by atomic mass is 15.3. The molecule has 1 aliphatic rings. The van der Waals surface area contributed by atoms with Gasteiger partial charge in [-0.2, -0.15) is 5.10 Å². The number of likely N-dealkylation sites (tertiary alicyclic amines) is 1. The number of aromatic nitrogens is 4. The third-order valence-corrected chi connectivity index (χ3v) is 4.27. The fraction of sp³-hybridized carbons (Fsp3) is 0.588. The summed E-state index contributed by atoms with van der Waals surface area (Å²) in [7, 11) is 0. The van der Waals surface area contributed by atoms with Crippen LogP contribution >= 0.6 is 0 Å². The van der Waals surface area contributed by atoms with E-state index in [1.165, 1.54) is 30.6 Å². The molecule has 118 valence electrons. The Kier molecular flexibility index (Phi) is 4.83. The van der Waals surface area contributed by atoms with Crippen molar-refractivity contribution in [1.29, 1.82) is 0 Å². The lowest BCUT2D eigenvalue weighted by Gasteiger charge is -2.32. The van der Waals surface area contributed by atoms with E-state index in [-0.39, 0.29) is 0 Å². The van der Waals surface area contributed by atoms with E-state index >= 15 is 0 Å². The highest BCUT2D eigenvalue weighted by molar-refractivity contribution is 5.11. The average molecular weight is 299 g/mol. The highest BCUT2D eigenvalue weighted by Gasteiger charge is 2.22. The smallest absolute Gasteiger partial charge is 0.125 e. The van der Waals surface area contributed by atoms with Crippen LogP contribution in [0.1, 0.15) is 49.2 Å². The van der Waals surface area contributed by atoms with E-state index in [9.17, 15) is 0 Å². The summed E-state index contributed by atoms with van der Waals surface area (Å²) >= 11 is 0. The van der Waals surface area contributed by atoms with Gasteiger partial charge in [-0.1, -0.05) is 6.92 Å². The summed E-state index contributed by atoms with van der Waals surface area (Å²) in [6, 6.07) is 2.07. The molecule has 1 fully saturated rings. The number of nitrogens with zero attached hydrogens (tertiary/aromatic N) is 5. The predicted octanol–water partition coefficient (Wildman–Crippen LogP) is 2.77. The minimum Gasteiger partial charge on any atom is -0.298 e. The van der Waals surface area contributed by atoms with Crippen LogP contribution in [-0.2, 0) is 13.1 Å². The summed E-state index contributed by atoms with van der Waals surface area (Å²) in [5.41, 5.74) is 2.51. The van der Waals surface area contributed by atoms with Crippen LogP contribution in [0.15, 0.2) is 24.7 Å². The monoisotopic (exact) mass is 299 g/mol. The van der Waals surface area contributed by atoms with Gasteiger partial charge in [-0.15, -0.1) is 0 Å². The largest absolute Gasteiger partial charge is 0.298 e. The van der Waals surface area contributed by atoms with E-state index in [4.69, 9.17) is 0 Å². The normalized spacial score (nSPS) is 19.5. The van der Waals surface area contributed by atoms with Gasteiger partial charge in [0.25, 0.3) is 0 Å². The maximum atomic E-state index is 4.61. The second kappa shape index (κ2) is 7.01. The molecule has 0 spiro atoms. The molecule has 0 amide bonds. The summed E-state index contributed by atoms with van der Waals surface area (Å²) in [6.07, 6.45) is 9.65. The SMILES string of the molecule is CCCn1cc(CN2CCC[C@H](c3ccnc(C)n3)C2)cn1. The molecule has 3 heterocycles. The van der Waals surface area contributed by atoms with Crippen LogP contribution in [-0.4, -0.2) is 37.7 Å². The number of hydrogen-bond donors (Lipinski definition) is 0. The quantitative estimate of drug-likeness (QED) is 0.851. The van der Waals surface area contributed by atoms with Crippen molar-refractivity contribution in [3.8, 4) is 0 Å². The van der Waals surface area contributed by atoms with Crippen molar-refractivity contribution in [3.05, 3.63) is 41.7 Å². The molecule has 2 aromatic heterocycles. The Bertz CT molecular complexity index is 607. The molecule has 22 heavy (non-hydrogen) atoms. The van der Waals surface area contributed by atoms with E-state index in [0.29, 0.717) is 5.92 Å². The van der Waals surface area contributed by atoms with Crippen LogP contribution < -0.4 is 0 Å². The maximum absolute atomic E-state index is 4.61. The van der Waals surface area contributed by atoms with Crippen molar-refractivity contribution in [3.63, 3.8) is 0 Å². The van der Waals surface area contributed by atoms with E-state index in [1.807, 2.05) is 24.0 Å². The summed E-state index contributed by atoms with van der Waals surface area (Å²) in [5, 5.41) is 4.43. The second-order valence-corrected chi connectivity index (χ2v) is 6.21. The Balaban J connectivity index is 1.62. The van der Waals surface area contributed by atoms with Crippen molar-refractivity contribution in [1.82, 2.24) is 24.6 Å². The maximum Gasteiger partial charge on any atom is 0.125 e. The Morgan fingerprint density at radius 3 is 3.09 bits per heavy atom. The van der Waals surface area contributed by atoms with Crippen LogP contribution in [0.5, 0.6) is 0 Å². The molecule has 2 aromatic rings. The molecule has 5 nitrogen and oxygen atoms in total. The number of rotatable bonds is 5. The van der Waals surface area contributed by atoms with Gasteiger partial charge in [-0.25, -0.2) is 9.97 Å². The summed E-state index contributed by atoms with van der Waals surface area (Å²) < 4.78 is 2.05. The molecule has 3 rings (SSSR count). The van der Waals surface area contributed by atoms with Gasteiger partial charge < -0.3 is 0 Å². The first-order valence-electron chi connectivity index (χ1n) is 8.28. The number of aryl methyl sites for hydroxylation is 2. The molecule has 1 saturated heterocycles. The first-order valence-corrected chi connectivity index (χ1v) is 8.28. The molecule has 5 heteroatoms. The number of hydrogen-bond acceptors (Lipinski definition) is 4. The van der Waals surface area contributed by atoms with E-state index in [0.717, 1.165) is 31.9 Å². The molecule has 0 saturated carbocycles. The predicted molar refractivity (Wildman–Crippen MR) is 86.5 cm³/mol. The van der Waals surface area contributed by atoms with E-state index < -0.39 is 0 Å². The standard InChI is InChI=1S/C17H25N5/c1-3-8-22-12-15(10-19-22)11-21-9-4-5-16(13-21)17-6-7-18-14(2)20-17/h6-7,10,12,16H,3-5,8-9,11,13H2,1-2H3/t16-/m0/s1. The van der Waals surface area contributed by atoms with Gasteiger partial charge in [0.15, 0.2) is 0 Å². The van der Waals surface area contributed by atoms with Gasteiger partial charge in [0.2, 0.25) is 0 Å². The second-order valence-electron chi connectivity index (χ2n) is 6.21. The van der Waals surface area contributed by atoms with Gasteiger partial charge in [0.05, 0.1) is 6.20 Å². The van der Waals surface area contributed by atoms with Gasteiger partial charge in [-0.05, 0) is 38.8 Å². The first kappa shape index (κ1) is 15.2. The Morgan fingerprint density at radius 1 is 1.36 bits per heavy atom. The van der Waals surface area contributed by atoms with Crippen molar-refractivity contribution >= 4 is 0 Å². The molecular formula is C17H25N5. The lowest BCUT2D eigenvalue weighted by Crippen LogP contribution is -2.34. The van der Waals surface area contributed by atoms with Crippen LogP contribution in [0.2, 0.25) is 0 Å². The summed E-state index contributed by atoms with van der Waals surface area (Å²) in [6.45, 7) is 8.38. The molecule has 1 atom stereocenters. The Morgan fingerprint density at radius 2 is 2.27 bits per heavy atom. The summed E-state index contributed by atoms with van der Waals surface area (Å²) in [5.74, 6) is 1.40. The molecule has 0 aromatic carbocycles. The summed E-state index contributed by atoms with van der Waals surface area (Å²) in [4.78, 5) is 11.3. The van der Waals surface area contributed by atoms with E-state index in [1.54, 1.807) is 0 Å². The average Bonchev–Trinajstić information content (AvgIpc) is 2.95. The van der Waals surface area contributed by atoms with Crippen LogP contribution in [0.3, 0.4) is 0 Å². The van der Waals surface area contributed by atoms with Crippen molar-refractivity contribution < 1.29 is 0 Å². The Hall–Kier alpha value is -1.75. The Labute approximate surface area is 132 Å². The fourth-order valence-corrected chi connectivity index (χ4v) is 3.24. The number of piperidine rings is 1. The molecule has 0 bridgehead atoms. The fourth-order valence-electron chi connectivity index (χ4n) is 3.24. The zero-order chi connectivity index (χ0) is 15.4. The molecule has 0 unspecified atom stereocenters. The third kappa shape index (κ3) is 3.71. The topological polar surface area (TPSA) is 46.8 Å². The minimum absolute atomic E-state index is 0.529. The van der Waals surface area contributed by atoms with Gasteiger partial charge in [-0.3, -0.25) is 9.58 Å². The van der Waals surface area contributed by atoms with Gasteiger partial charge >= 0.3 is 0 Å². The third-order valence-electron chi connectivity index (χ3n) is 4.27. The lowest BCUT2D eigenvalue weighted by molar-refractivity contribution is 0.198. The van der Waals surface area contributed by atoms with Gasteiger partial charge in [0, 0.05) is 49.2 Å². The zero-order valence-corrected chi connectivity index (χ0v) is 13.6. The zero-order valence-electron chi connectivity index (χ0n) is 13.6. The van der Waals surface area contributed by atoms with Crippen molar-refractivity contribution in [2.75, 3.05) is 13.1 Å². The molecule has 0 aliphatic carbocycles. The lowest BCUT2D eigenvalue weighted by atomic mass is 9.94. The highest BCUT2D eigenvalue weighted by Crippen LogP contribution is 2.26. The van der Waals surface area contributed by atoms with Crippen LogP contribution in [0.4, 0.5) is 0 Å². The van der Waals surface area contributed by atoms with Crippen molar-refractivity contribution in [2.24, 2.45) is 0 Å².